The molecule has 0 radical (unpaired) electrons. The third kappa shape index (κ3) is 5.78. The molecule has 2 aliphatic heterocycles. The van der Waals surface area contributed by atoms with Crippen molar-refractivity contribution in [3.8, 4) is 12.1 Å². The summed E-state index contributed by atoms with van der Waals surface area (Å²) in [6.45, 7) is 6.06. The number of fused-ring (bicyclic) bond motifs is 2. The van der Waals surface area contributed by atoms with Crippen LogP contribution in [0.3, 0.4) is 0 Å². The second-order valence-corrected chi connectivity index (χ2v) is 12.5. The molecule has 1 aliphatic carbocycles. The zero-order chi connectivity index (χ0) is 31.0. The number of rotatable bonds is 8. The zero-order valence-electron chi connectivity index (χ0n) is 25.2. The van der Waals surface area contributed by atoms with Gasteiger partial charge in [-0.25, -0.2) is 4.39 Å². The molecule has 0 N–H and O–H groups in total. The predicted octanol–water partition coefficient (Wildman–Crippen LogP) is 4.98. The Morgan fingerprint density at radius 3 is 2.66 bits per heavy atom. The number of ether oxygens (including phenoxy) is 1. The van der Waals surface area contributed by atoms with Crippen LogP contribution in [0.15, 0.2) is 48.8 Å². The number of piperazine rings is 1. The Morgan fingerprint density at radius 1 is 1.16 bits per heavy atom. The number of hydrogen-bond donors (Lipinski definition) is 0. The minimum Gasteiger partial charge on any atom is -0.463 e. The summed E-state index contributed by atoms with van der Waals surface area (Å²) in [4.78, 5) is 30.4. The average molecular weight is 618 g/mol. The molecule has 230 valence electrons. The highest BCUT2D eigenvalue weighted by atomic mass is 35.5. The Hall–Kier alpha value is -3.94. The fourth-order valence-corrected chi connectivity index (χ4v) is 7.10. The van der Waals surface area contributed by atoms with Crippen LogP contribution in [0.2, 0.25) is 5.02 Å². The standard InChI is InChI=1S/C33H37ClFN7O2/c1-21(35)32(43)42-17-16-41(18-24(42)12-14-36)31-25-13-15-40(29-9-5-7-22-6-4-8-26(34)30(22)29)19-27(25)37-33(38-31)44-20-23-10-11-28(23)39(2)3/h4-9,23-24,28H,1,10-13,15-20H2,2-3H3/t23-,24+,28-/m1/s1. The predicted molar refractivity (Wildman–Crippen MR) is 170 cm³/mol. The van der Waals surface area contributed by atoms with E-state index in [-0.39, 0.29) is 13.0 Å². The minimum atomic E-state index is -1.02. The molecule has 11 heteroatoms. The molecular formula is C33H37ClFN7O2. The van der Waals surface area contributed by atoms with Gasteiger partial charge in [0.2, 0.25) is 0 Å². The molecule has 44 heavy (non-hydrogen) atoms. The van der Waals surface area contributed by atoms with Gasteiger partial charge in [-0.2, -0.15) is 15.2 Å². The minimum absolute atomic E-state index is 0.0787. The SMILES string of the molecule is C=C(F)C(=O)N1CCN(c2nc(OC[C@H]3CC[C@H]3N(C)C)nc3c2CCN(c2cccc4cccc(Cl)c24)C3)C[C@@H]1CC#N. The Kier molecular flexibility index (Phi) is 8.61. The summed E-state index contributed by atoms with van der Waals surface area (Å²) in [5, 5.41) is 12.3. The van der Waals surface area contributed by atoms with E-state index >= 15 is 0 Å². The van der Waals surface area contributed by atoms with Crippen molar-refractivity contribution in [2.24, 2.45) is 5.92 Å². The second-order valence-electron chi connectivity index (χ2n) is 12.1. The van der Waals surface area contributed by atoms with Crippen molar-refractivity contribution in [3.05, 3.63) is 65.1 Å². The summed E-state index contributed by atoms with van der Waals surface area (Å²) >= 11 is 6.69. The Bertz CT molecular complexity index is 1620. The van der Waals surface area contributed by atoms with E-state index in [9.17, 15) is 14.4 Å². The monoisotopic (exact) mass is 617 g/mol. The van der Waals surface area contributed by atoms with Crippen molar-refractivity contribution < 1.29 is 13.9 Å². The zero-order valence-corrected chi connectivity index (χ0v) is 25.9. The molecule has 1 saturated heterocycles. The number of anilines is 2. The van der Waals surface area contributed by atoms with Gasteiger partial charge >= 0.3 is 6.01 Å². The molecule has 1 saturated carbocycles. The van der Waals surface area contributed by atoms with Crippen molar-refractivity contribution in [2.75, 3.05) is 56.7 Å². The lowest BCUT2D eigenvalue weighted by Crippen LogP contribution is -2.55. The van der Waals surface area contributed by atoms with Crippen molar-refractivity contribution in [2.45, 2.75) is 44.3 Å². The highest BCUT2D eigenvalue weighted by Crippen LogP contribution is 2.38. The Labute approximate surface area is 262 Å². The van der Waals surface area contributed by atoms with E-state index in [4.69, 9.17) is 26.3 Å². The maximum Gasteiger partial charge on any atom is 0.318 e. The number of benzene rings is 2. The van der Waals surface area contributed by atoms with Crippen molar-refractivity contribution >= 4 is 39.8 Å². The van der Waals surface area contributed by atoms with Gasteiger partial charge in [-0.1, -0.05) is 42.4 Å². The van der Waals surface area contributed by atoms with E-state index in [1.54, 1.807) is 0 Å². The molecule has 3 aliphatic rings. The first-order valence-corrected chi connectivity index (χ1v) is 15.5. The van der Waals surface area contributed by atoms with Crippen LogP contribution in [0, 0.1) is 17.2 Å². The van der Waals surface area contributed by atoms with Crippen LogP contribution in [0.5, 0.6) is 6.01 Å². The number of hydrogen-bond acceptors (Lipinski definition) is 8. The first kappa shape index (κ1) is 30.1. The molecule has 3 atom stereocenters. The van der Waals surface area contributed by atoms with Crippen LogP contribution in [0.4, 0.5) is 15.9 Å². The molecular weight excluding hydrogens is 581 g/mol. The smallest absolute Gasteiger partial charge is 0.318 e. The molecule has 0 spiro atoms. The van der Waals surface area contributed by atoms with E-state index in [0.29, 0.717) is 55.7 Å². The van der Waals surface area contributed by atoms with E-state index in [1.165, 1.54) is 4.90 Å². The molecule has 6 rings (SSSR count). The van der Waals surface area contributed by atoms with Crippen molar-refractivity contribution in [1.82, 2.24) is 19.8 Å². The first-order chi connectivity index (χ1) is 21.2. The fourth-order valence-electron chi connectivity index (χ4n) is 6.82. The summed E-state index contributed by atoms with van der Waals surface area (Å²) in [6.07, 6.45) is 3.02. The summed E-state index contributed by atoms with van der Waals surface area (Å²) < 4.78 is 20.1. The topological polar surface area (TPSA) is 88.8 Å². The average Bonchev–Trinajstić information content (AvgIpc) is 2.99. The largest absolute Gasteiger partial charge is 0.463 e. The van der Waals surface area contributed by atoms with Crippen LogP contribution in [0.25, 0.3) is 10.8 Å². The van der Waals surface area contributed by atoms with Gasteiger partial charge in [0, 0.05) is 54.8 Å². The fraction of sp³-hybridized carbons (Fsp3) is 0.455. The Morgan fingerprint density at radius 2 is 1.95 bits per heavy atom. The molecule has 2 fully saturated rings. The maximum atomic E-state index is 13.8. The number of nitrogens with zero attached hydrogens (tertiary/aromatic N) is 7. The number of amides is 1. The van der Waals surface area contributed by atoms with Crippen molar-refractivity contribution in [3.63, 3.8) is 0 Å². The van der Waals surface area contributed by atoms with Crippen LogP contribution >= 0.6 is 11.6 Å². The third-order valence-corrected chi connectivity index (χ3v) is 9.58. The van der Waals surface area contributed by atoms with Gasteiger partial charge in [-0.3, -0.25) is 4.79 Å². The maximum absolute atomic E-state index is 13.8. The number of halogens is 2. The van der Waals surface area contributed by atoms with Gasteiger partial charge in [0.25, 0.3) is 5.91 Å². The van der Waals surface area contributed by atoms with Crippen LogP contribution in [-0.4, -0.2) is 84.6 Å². The number of aromatic nitrogens is 2. The van der Waals surface area contributed by atoms with Gasteiger partial charge in [0.15, 0.2) is 5.83 Å². The summed E-state index contributed by atoms with van der Waals surface area (Å²) in [7, 11) is 4.19. The summed E-state index contributed by atoms with van der Waals surface area (Å²) in [6, 6.07) is 14.6. The first-order valence-electron chi connectivity index (χ1n) is 15.1. The molecule has 0 bridgehead atoms. The molecule has 1 amide bonds. The van der Waals surface area contributed by atoms with Gasteiger partial charge in [0.05, 0.1) is 42.4 Å². The third-order valence-electron chi connectivity index (χ3n) is 9.26. The van der Waals surface area contributed by atoms with Crippen LogP contribution < -0.4 is 14.5 Å². The van der Waals surface area contributed by atoms with Gasteiger partial charge in [-0.15, -0.1) is 0 Å². The molecule has 2 aromatic carbocycles. The molecule has 0 unspecified atom stereocenters. The Balaban J connectivity index is 1.33. The number of nitriles is 1. The molecule has 1 aromatic heterocycles. The van der Waals surface area contributed by atoms with E-state index < -0.39 is 17.8 Å². The lowest BCUT2D eigenvalue weighted by molar-refractivity contribution is -0.131. The van der Waals surface area contributed by atoms with Gasteiger partial charge in [0.1, 0.15) is 5.82 Å². The summed E-state index contributed by atoms with van der Waals surface area (Å²) in [5.41, 5.74) is 2.96. The van der Waals surface area contributed by atoms with Crippen LogP contribution in [0.1, 0.15) is 30.5 Å². The van der Waals surface area contributed by atoms with Crippen molar-refractivity contribution in [1.29, 1.82) is 5.26 Å². The van der Waals surface area contributed by atoms with Crippen LogP contribution in [-0.2, 0) is 17.8 Å². The van der Waals surface area contributed by atoms with E-state index in [2.05, 4.69) is 59.6 Å². The normalized spacial score (nSPS) is 21.5. The van der Waals surface area contributed by atoms with Gasteiger partial charge in [-0.05, 0) is 50.9 Å². The van der Waals surface area contributed by atoms with E-state index in [0.717, 1.165) is 52.9 Å². The molecule has 9 nitrogen and oxygen atoms in total. The lowest BCUT2D eigenvalue weighted by Gasteiger charge is -2.42. The second kappa shape index (κ2) is 12.6. The summed E-state index contributed by atoms with van der Waals surface area (Å²) in [5.74, 6) is -0.616. The number of carbonyl (C=O) groups is 1. The van der Waals surface area contributed by atoms with E-state index in [1.807, 2.05) is 18.2 Å². The highest BCUT2D eigenvalue weighted by Gasteiger charge is 2.36. The lowest BCUT2D eigenvalue weighted by atomic mass is 9.79. The molecule has 3 aromatic rings. The number of carbonyl (C=O) groups excluding carboxylic acids is 1. The highest BCUT2D eigenvalue weighted by molar-refractivity contribution is 6.36. The van der Waals surface area contributed by atoms with Gasteiger partial charge < -0.3 is 24.3 Å². The quantitative estimate of drug-likeness (QED) is 0.327. The molecule has 3 heterocycles.